The van der Waals surface area contributed by atoms with E-state index in [4.69, 9.17) is 0 Å². The summed E-state index contributed by atoms with van der Waals surface area (Å²) in [6.07, 6.45) is 1.87. The molecule has 5 rings (SSSR count). The van der Waals surface area contributed by atoms with Crippen molar-refractivity contribution < 1.29 is 9.59 Å². The molecule has 1 unspecified atom stereocenters. The van der Waals surface area contributed by atoms with Crippen LogP contribution in [-0.4, -0.2) is 37.2 Å². The number of hydrogen-bond acceptors (Lipinski definition) is 4. The minimum Gasteiger partial charge on any atom is -0.349 e. The van der Waals surface area contributed by atoms with Crippen molar-refractivity contribution in [1.29, 1.82) is 0 Å². The molecule has 2 amide bonds. The summed E-state index contributed by atoms with van der Waals surface area (Å²) in [4.78, 5) is 29.5. The zero-order chi connectivity index (χ0) is 28.8. The molecule has 7 nitrogen and oxygen atoms in total. The van der Waals surface area contributed by atoms with Crippen LogP contribution in [0.4, 0.5) is 0 Å². The van der Waals surface area contributed by atoms with E-state index in [-0.39, 0.29) is 18.4 Å². The van der Waals surface area contributed by atoms with Gasteiger partial charge in [0.2, 0.25) is 5.91 Å². The van der Waals surface area contributed by atoms with Crippen molar-refractivity contribution in [2.75, 3.05) is 0 Å². The summed E-state index contributed by atoms with van der Waals surface area (Å²) >= 11 is 0. The van der Waals surface area contributed by atoms with Gasteiger partial charge in [-0.15, -0.1) is 5.10 Å². The zero-order valence-electron chi connectivity index (χ0n) is 23.4. The van der Waals surface area contributed by atoms with Crippen LogP contribution in [0.3, 0.4) is 0 Å². The first-order chi connectivity index (χ1) is 19.8. The van der Waals surface area contributed by atoms with E-state index in [1.807, 2.05) is 130 Å². The minimum atomic E-state index is -0.869. The highest BCUT2D eigenvalue weighted by Crippen LogP contribution is 2.28. The SMILES string of the molecule is CC(C)(C)NC(=O)C(c1ccc(-n2cc(-c3ccccc3)nn2)cc1)N(Cc1ccccc1)C(=O)c1ccccc1. The Balaban J connectivity index is 1.53. The van der Waals surface area contributed by atoms with Gasteiger partial charge in [-0.2, -0.15) is 0 Å². The van der Waals surface area contributed by atoms with Gasteiger partial charge in [0.05, 0.1) is 11.9 Å². The monoisotopic (exact) mass is 543 g/mol. The van der Waals surface area contributed by atoms with Gasteiger partial charge < -0.3 is 10.2 Å². The van der Waals surface area contributed by atoms with Crippen LogP contribution in [-0.2, 0) is 11.3 Å². The fourth-order valence-electron chi connectivity index (χ4n) is 4.66. The average molecular weight is 544 g/mol. The molecule has 0 saturated heterocycles. The summed E-state index contributed by atoms with van der Waals surface area (Å²) in [5.41, 5.74) is 4.19. The highest BCUT2D eigenvalue weighted by Gasteiger charge is 2.34. The van der Waals surface area contributed by atoms with Crippen LogP contribution in [0.5, 0.6) is 0 Å². The Kier molecular flexibility index (Phi) is 8.06. The molecule has 1 aromatic heterocycles. The van der Waals surface area contributed by atoms with Crippen LogP contribution < -0.4 is 5.32 Å². The molecule has 0 bridgehead atoms. The van der Waals surface area contributed by atoms with Gasteiger partial charge in [0.15, 0.2) is 0 Å². The number of carbonyl (C=O) groups excluding carboxylic acids is 2. The van der Waals surface area contributed by atoms with Crippen LogP contribution in [0.25, 0.3) is 16.9 Å². The van der Waals surface area contributed by atoms with Crippen molar-refractivity contribution >= 4 is 11.8 Å². The summed E-state index contributed by atoms with van der Waals surface area (Å²) in [6, 6.07) is 35.3. The molecule has 7 heteroatoms. The van der Waals surface area contributed by atoms with Gasteiger partial charge >= 0.3 is 0 Å². The summed E-state index contributed by atoms with van der Waals surface area (Å²) < 4.78 is 1.70. The molecule has 0 saturated carbocycles. The predicted molar refractivity (Wildman–Crippen MR) is 160 cm³/mol. The van der Waals surface area contributed by atoms with E-state index in [0.717, 1.165) is 22.5 Å². The molecule has 0 spiro atoms. The highest BCUT2D eigenvalue weighted by atomic mass is 16.2. The fourth-order valence-corrected chi connectivity index (χ4v) is 4.66. The normalized spacial score (nSPS) is 12.0. The lowest BCUT2D eigenvalue weighted by Gasteiger charge is -2.34. The third kappa shape index (κ3) is 6.76. The average Bonchev–Trinajstić information content (AvgIpc) is 3.48. The molecule has 4 aromatic carbocycles. The Hall–Kier alpha value is -5.04. The first-order valence-electron chi connectivity index (χ1n) is 13.6. The third-order valence-electron chi connectivity index (χ3n) is 6.57. The van der Waals surface area contributed by atoms with E-state index < -0.39 is 11.6 Å². The first-order valence-corrected chi connectivity index (χ1v) is 13.6. The molecular formula is C34H33N5O2. The second-order valence-electron chi connectivity index (χ2n) is 10.9. The van der Waals surface area contributed by atoms with Crippen molar-refractivity contribution in [3.8, 4) is 16.9 Å². The van der Waals surface area contributed by atoms with Crippen LogP contribution >= 0.6 is 0 Å². The number of nitrogens with one attached hydrogen (secondary N) is 1. The molecule has 1 N–H and O–H groups in total. The number of carbonyl (C=O) groups is 2. The van der Waals surface area contributed by atoms with Crippen LogP contribution in [0.1, 0.15) is 48.3 Å². The number of nitrogens with zero attached hydrogens (tertiary/aromatic N) is 4. The lowest BCUT2D eigenvalue weighted by Crippen LogP contribution is -2.49. The summed E-state index contributed by atoms with van der Waals surface area (Å²) in [6.45, 7) is 6.06. The molecule has 0 aliphatic rings. The van der Waals surface area contributed by atoms with Crippen LogP contribution in [0.15, 0.2) is 121 Å². The van der Waals surface area contributed by atoms with Crippen molar-refractivity contribution in [2.24, 2.45) is 0 Å². The first kappa shape index (κ1) is 27.5. The topological polar surface area (TPSA) is 80.1 Å². The fraction of sp³-hybridized carbons (Fsp3) is 0.176. The maximum absolute atomic E-state index is 14.0. The van der Waals surface area contributed by atoms with Crippen molar-refractivity contribution in [3.05, 3.63) is 138 Å². The predicted octanol–water partition coefficient (Wildman–Crippen LogP) is 6.23. The summed E-state index contributed by atoms with van der Waals surface area (Å²) in [7, 11) is 0. The Labute approximate surface area is 240 Å². The van der Waals surface area contributed by atoms with Crippen molar-refractivity contribution in [1.82, 2.24) is 25.2 Å². The van der Waals surface area contributed by atoms with Gasteiger partial charge in [0.1, 0.15) is 11.7 Å². The molecule has 0 radical (unpaired) electrons. The third-order valence-corrected chi connectivity index (χ3v) is 6.57. The van der Waals surface area contributed by atoms with Gasteiger partial charge in [-0.1, -0.05) is 96.2 Å². The summed E-state index contributed by atoms with van der Waals surface area (Å²) in [5, 5.41) is 11.7. The molecule has 1 heterocycles. The number of hydrogen-bond donors (Lipinski definition) is 1. The second kappa shape index (κ2) is 12.0. The molecule has 41 heavy (non-hydrogen) atoms. The van der Waals surface area contributed by atoms with Gasteiger partial charge in [-0.05, 0) is 56.2 Å². The standard InChI is InChI=1S/C34H33N5O2/c1-34(2,3)35-32(40)31(38(23-25-13-7-4-8-14-25)33(41)28-17-11-6-12-18-28)27-19-21-29(22-20-27)39-24-30(36-37-39)26-15-9-5-10-16-26/h4-22,24,31H,23H2,1-3H3,(H,35,40). The zero-order valence-corrected chi connectivity index (χ0v) is 23.4. The second-order valence-corrected chi connectivity index (χ2v) is 10.9. The Morgan fingerprint density at radius 3 is 2.00 bits per heavy atom. The van der Waals surface area contributed by atoms with Gasteiger partial charge in [-0.25, -0.2) is 4.68 Å². The van der Waals surface area contributed by atoms with E-state index in [9.17, 15) is 9.59 Å². The smallest absolute Gasteiger partial charge is 0.255 e. The van der Waals surface area contributed by atoms with Gasteiger partial charge in [-0.3, -0.25) is 9.59 Å². The van der Waals surface area contributed by atoms with Gasteiger partial charge in [0.25, 0.3) is 5.91 Å². The molecule has 206 valence electrons. The van der Waals surface area contributed by atoms with Gasteiger partial charge in [0, 0.05) is 23.2 Å². The molecular weight excluding hydrogens is 510 g/mol. The van der Waals surface area contributed by atoms with E-state index in [0.29, 0.717) is 11.1 Å². The number of benzene rings is 4. The summed E-state index contributed by atoms with van der Waals surface area (Å²) in [5.74, 6) is -0.478. The van der Waals surface area contributed by atoms with Crippen LogP contribution in [0.2, 0.25) is 0 Å². The molecule has 0 aliphatic carbocycles. The van der Waals surface area contributed by atoms with E-state index >= 15 is 0 Å². The molecule has 0 aliphatic heterocycles. The molecule has 5 aromatic rings. The van der Waals surface area contributed by atoms with Crippen molar-refractivity contribution in [3.63, 3.8) is 0 Å². The lowest BCUT2D eigenvalue weighted by atomic mass is 9.99. The highest BCUT2D eigenvalue weighted by molar-refractivity contribution is 5.98. The Morgan fingerprint density at radius 1 is 0.805 bits per heavy atom. The Bertz CT molecular complexity index is 1590. The van der Waals surface area contributed by atoms with E-state index in [1.165, 1.54) is 0 Å². The van der Waals surface area contributed by atoms with Crippen LogP contribution in [0, 0.1) is 0 Å². The van der Waals surface area contributed by atoms with E-state index in [1.54, 1.807) is 21.7 Å². The number of amides is 2. The molecule has 0 fully saturated rings. The Morgan fingerprint density at radius 2 is 1.39 bits per heavy atom. The quantitative estimate of drug-likeness (QED) is 0.252. The molecule has 1 atom stereocenters. The number of rotatable bonds is 8. The lowest BCUT2D eigenvalue weighted by molar-refractivity contribution is -0.127. The van der Waals surface area contributed by atoms with E-state index in [2.05, 4.69) is 15.6 Å². The number of aromatic nitrogens is 3. The minimum absolute atomic E-state index is 0.226. The van der Waals surface area contributed by atoms with Crippen molar-refractivity contribution in [2.45, 2.75) is 38.9 Å². The largest absolute Gasteiger partial charge is 0.349 e. The maximum atomic E-state index is 14.0. The maximum Gasteiger partial charge on any atom is 0.255 e.